The monoisotopic (exact) mass is 622 g/mol. The number of rotatable bonds is 8. The van der Waals surface area contributed by atoms with Crippen LogP contribution in [0.15, 0.2) is 83.4 Å². The quantitative estimate of drug-likeness (QED) is 0.229. The second kappa shape index (κ2) is 13.3. The summed E-state index contributed by atoms with van der Waals surface area (Å²) >= 11 is 0. The summed E-state index contributed by atoms with van der Waals surface area (Å²) in [4.78, 5) is 43.2. The molecule has 0 aliphatic carbocycles. The fourth-order valence-electron chi connectivity index (χ4n) is 6.60. The van der Waals surface area contributed by atoms with Crippen molar-refractivity contribution in [1.82, 2.24) is 4.98 Å². The van der Waals surface area contributed by atoms with Crippen LogP contribution in [0.5, 0.6) is 0 Å². The molecule has 0 saturated carbocycles. The molecule has 8 bridgehead atoms. The number of aliphatic hydroxyl groups is 1. The summed E-state index contributed by atoms with van der Waals surface area (Å²) in [5, 5.41) is 10.7. The van der Waals surface area contributed by atoms with E-state index in [0.717, 1.165) is 97.9 Å². The van der Waals surface area contributed by atoms with Crippen molar-refractivity contribution < 1.29 is 24.2 Å². The van der Waals surface area contributed by atoms with Gasteiger partial charge in [0.1, 0.15) is 0 Å². The van der Waals surface area contributed by atoms with Crippen LogP contribution in [0.3, 0.4) is 0 Å². The lowest BCUT2D eigenvalue weighted by Gasteiger charge is -2.10. The molecule has 5 rings (SSSR count). The van der Waals surface area contributed by atoms with Crippen LogP contribution < -0.4 is 0 Å². The molecule has 5 heterocycles. The number of carbonyl (C=O) groups excluding carboxylic acids is 2. The Morgan fingerprint density at radius 2 is 1.35 bits per heavy atom. The van der Waals surface area contributed by atoms with Crippen molar-refractivity contribution >= 4 is 41.2 Å². The summed E-state index contributed by atoms with van der Waals surface area (Å²) in [5.74, 6) is -0.578. The zero-order valence-corrected chi connectivity index (χ0v) is 28.0. The third-order valence-electron chi connectivity index (χ3n) is 9.34. The van der Waals surface area contributed by atoms with Gasteiger partial charge in [0.15, 0.2) is 0 Å². The van der Waals surface area contributed by atoms with E-state index in [4.69, 9.17) is 24.5 Å². The maximum Gasteiger partial charge on any atom is 0.305 e. The summed E-state index contributed by atoms with van der Waals surface area (Å²) in [5.41, 5.74) is 14.8. The number of aromatic amines is 1. The highest BCUT2D eigenvalue weighted by Crippen LogP contribution is 2.39. The molecule has 0 radical (unpaired) electrons. The van der Waals surface area contributed by atoms with Gasteiger partial charge in [0.2, 0.25) is 0 Å². The van der Waals surface area contributed by atoms with Crippen LogP contribution in [-0.4, -0.2) is 53.4 Å². The van der Waals surface area contributed by atoms with Gasteiger partial charge in [0.05, 0.1) is 60.3 Å². The molecule has 9 heteroatoms. The number of esters is 2. The summed E-state index contributed by atoms with van der Waals surface area (Å²) in [6.07, 6.45) is 10.0. The lowest BCUT2D eigenvalue weighted by Crippen LogP contribution is -2.14. The Kier molecular flexibility index (Phi) is 9.42. The highest BCUT2D eigenvalue weighted by atomic mass is 16.5. The average Bonchev–Trinajstić information content (AvgIpc) is 3.72. The first-order valence-corrected chi connectivity index (χ1v) is 15.8. The van der Waals surface area contributed by atoms with Gasteiger partial charge in [-0.3, -0.25) is 9.59 Å². The number of aliphatic imine (C=N–C) groups is 3. The fraction of sp³-hybridized carbons (Fsp3) is 0.378. The predicted octanol–water partition coefficient (Wildman–Crippen LogP) is 7.54. The van der Waals surface area contributed by atoms with Gasteiger partial charge in [0.25, 0.3) is 0 Å². The number of allylic oxidation sites excluding steroid dienone is 8. The topological polar surface area (TPSA) is 126 Å². The third kappa shape index (κ3) is 5.82. The van der Waals surface area contributed by atoms with Gasteiger partial charge < -0.3 is 19.6 Å². The van der Waals surface area contributed by atoms with Crippen molar-refractivity contribution in [2.24, 2.45) is 15.0 Å². The molecular formula is C37H42N4O5. The lowest BCUT2D eigenvalue weighted by molar-refractivity contribution is -0.141. The van der Waals surface area contributed by atoms with Crippen LogP contribution in [0.25, 0.3) is 12.2 Å². The molecule has 0 saturated heterocycles. The first-order chi connectivity index (χ1) is 22.1. The highest BCUT2D eigenvalue weighted by Gasteiger charge is 2.31. The molecule has 0 unspecified atom stereocenters. The van der Waals surface area contributed by atoms with E-state index in [1.807, 2.05) is 45.9 Å². The molecule has 4 aliphatic rings. The Hall–Kier alpha value is -4.79. The van der Waals surface area contributed by atoms with Crippen LogP contribution >= 0.6 is 0 Å². The Morgan fingerprint density at radius 1 is 0.739 bits per heavy atom. The van der Waals surface area contributed by atoms with E-state index in [9.17, 15) is 14.7 Å². The van der Waals surface area contributed by atoms with Gasteiger partial charge in [-0.05, 0) is 116 Å². The summed E-state index contributed by atoms with van der Waals surface area (Å²) < 4.78 is 9.91. The minimum atomic E-state index is -0.292. The number of fused-ring (bicyclic) bond motifs is 5. The minimum Gasteiger partial charge on any atom is -0.515 e. The minimum absolute atomic E-state index is 0.216. The van der Waals surface area contributed by atoms with Crippen molar-refractivity contribution in [3.63, 3.8) is 0 Å². The molecular weight excluding hydrogens is 580 g/mol. The molecule has 0 amide bonds. The number of aliphatic hydroxyl groups excluding tert-OH is 1. The van der Waals surface area contributed by atoms with Gasteiger partial charge in [-0.1, -0.05) is 13.8 Å². The number of H-pyrrole nitrogens is 1. The molecule has 2 N–H and O–H groups in total. The summed E-state index contributed by atoms with van der Waals surface area (Å²) in [6, 6.07) is 0. The Labute approximate surface area is 270 Å². The Bertz CT molecular complexity index is 1850. The number of nitrogens with one attached hydrogen (secondary N) is 1. The normalized spacial score (nSPS) is 18.5. The van der Waals surface area contributed by atoms with Crippen molar-refractivity contribution in [1.29, 1.82) is 0 Å². The zero-order chi connectivity index (χ0) is 33.3. The predicted molar refractivity (Wildman–Crippen MR) is 183 cm³/mol. The maximum atomic E-state index is 12.2. The number of aromatic nitrogens is 1. The second-order valence-electron chi connectivity index (χ2n) is 11.8. The van der Waals surface area contributed by atoms with E-state index in [1.165, 1.54) is 14.2 Å². The van der Waals surface area contributed by atoms with Crippen molar-refractivity contribution in [3.05, 3.63) is 91.0 Å². The Morgan fingerprint density at radius 3 is 1.98 bits per heavy atom. The highest BCUT2D eigenvalue weighted by molar-refractivity contribution is 6.36. The van der Waals surface area contributed by atoms with Crippen LogP contribution in [-0.2, 0) is 25.5 Å². The van der Waals surface area contributed by atoms with Gasteiger partial charge >= 0.3 is 11.9 Å². The van der Waals surface area contributed by atoms with E-state index >= 15 is 0 Å². The zero-order valence-electron chi connectivity index (χ0n) is 28.0. The molecule has 9 nitrogen and oxygen atoms in total. The number of hydrogen-bond acceptors (Lipinski definition) is 8. The van der Waals surface area contributed by atoms with Crippen molar-refractivity contribution in [2.45, 2.75) is 80.1 Å². The van der Waals surface area contributed by atoms with Gasteiger partial charge in [-0.15, -0.1) is 0 Å². The molecule has 1 aromatic rings. The largest absolute Gasteiger partial charge is 0.515 e. The first-order valence-electron chi connectivity index (χ1n) is 15.8. The average molecular weight is 623 g/mol. The van der Waals surface area contributed by atoms with E-state index in [0.29, 0.717) is 29.8 Å². The van der Waals surface area contributed by atoms with E-state index < -0.39 is 0 Å². The molecule has 240 valence electrons. The number of methoxy groups -OCH3 is 2. The summed E-state index contributed by atoms with van der Waals surface area (Å²) in [6.45, 7) is 12.3. The molecule has 4 aliphatic heterocycles. The summed E-state index contributed by atoms with van der Waals surface area (Å²) in [7, 11) is 2.79. The van der Waals surface area contributed by atoms with Gasteiger partial charge in [0, 0.05) is 24.2 Å². The third-order valence-corrected chi connectivity index (χ3v) is 9.34. The van der Waals surface area contributed by atoms with Crippen LogP contribution in [0.4, 0.5) is 0 Å². The second-order valence-corrected chi connectivity index (χ2v) is 11.8. The van der Waals surface area contributed by atoms with Crippen LogP contribution in [0.2, 0.25) is 0 Å². The van der Waals surface area contributed by atoms with E-state index in [1.54, 1.807) is 0 Å². The maximum absolute atomic E-state index is 12.2. The number of ether oxygens (including phenoxy) is 2. The standard InChI is InChI=1S/C37H42N4O5/c1-9-23-22(6)36-27(18-42)37-24(10-2)19(3)30(40-37)15-28-20(4)25(11-13-34(43)45-7)32(38-28)17-33-26(12-14-35(44)46-8)21(5)29(39-33)16-31(23)41-36/h15-18,39,42H,9-14H2,1-8H3. The number of hydrogen-bond donors (Lipinski definition) is 2. The van der Waals surface area contributed by atoms with Gasteiger partial charge in [-0.2, -0.15) is 0 Å². The molecule has 0 atom stereocenters. The van der Waals surface area contributed by atoms with Crippen molar-refractivity contribution in [3.8, 4) is 0 Å². The van der Waals surface area contributed by atoms with Crippen LogP contribution in [0, 0.1) is 6.92 Å². The van der Waals surface area contributed by atoms with E-state index in [-0.39, 0.29) is 24.8 Å². The van der Waals surface area contributed by atoms with Crippen molar-refractivity contribution in [2.75, 3.05) is 14.2 Å². The molecule has 0 spiro atoms. The van der Waals surface area contributed by atoms with E-state index in [2.05, 4.69) is 18.8 Å². The fourth-order valence-corrected chi connectivity index (χ4v) is 6.60. The Balaban J connectivity index is 1.81. The molecule has 0 fully saturated rings. The number of nitrogens with zero attached hydrogens (tertiary/aromatic N) is 3. The molecule has 1 aromatic heterocycles. The van der Waals surface area contributed by atoms with Crippen LogP contribution in [0.1, 0.15) is 89.2 Å². The number of carbonyl (C=O) groups is 2. The smallest absolute Gasteiger partial charge is 0.305 e. The SMILES string of the molecule is CCC1=C(C)C2=NC1=Cc1[nH]c(c(CCC(=O)OC)c1C)C=C1N=C(C=C3N=C(C2=CO)C(CC)=C3C)C(C)=C1CCC(=O)OC. The molecule has 46 heavy (non-hydrogen) atoms. The lowest BCUT2D eigenvalue weighted by atomic mass is 9.92. The first kappa shape index (κ1) is 32.6. The van der Waals surface area contributed by atoms with Gasteiger partial charge in [-0.25, -0.2) is 15.0 Å². The molecule has 0 aromatic carbocycles.